The van der Waals surface area contributed by atoms with Crippen molar-refractivity contribution in [2.45, 2.75) is 68.0 Å². The van der Waals surface area contributed by atoms with Crippen molar-refractivity contribution in [3.8, 4) is 6.07 Å². The van der Waals surface area contributed by atoms with Crippen LogP contribution in [-0.2, 0) is 14.3 Å². The van der Waals surface area contributed by atoms with Gasteiger partial charge in [0.05, 0.1) is 12.0 Å². The molecule has 0 spiro atoms. The number of carbonyl (C=O) groups is 1. The molecule has 0 radical (unpaired) electrons. The van der Waals surface area contributed by atoms with Gasteiger partial charge in [0.1, 0.15) is 12.2 Å². The summed E-state index contributed by atoms with van der Waals surface area (Å²) in [5.41, 5.74) is -2.64. The van der Waals surface area contributed by atoms with E-state index >= 15 is 0 Å². The molecule has 4 rings (SSSR count). The fraction of sp³-hybridized carbons (Fsp3) is 0.591. The summed E-state index contributed by atoms with van der Waals surface area (Å²) in [6.45, 7) is 29.1. The van der Waals surface area contributed by atoms with E-state index in [0.29, 0.717) is 31.3 Å². The van der Waals surface area contributed by atoms with Crippen LogP contribution < -0.4 is 0 Å². The van der Waals surface area contributed by atoms with Crippen LogP contribution >= 0.6 is 0 Å². The molecule has 0 N–H and O–H groups in total. The van der Waals surface area contributed by atoms with Crippen LogP contribution in [0.5, 0.6) is 0 Å². The van der Waals surface area contributed by atoms with Crippen molar-refractivity contribution in [1.82, 2.24) is 0 Å². The average Bonchev–Trinajstić information content (AvgIpc) is 3.33. The van der Waals surface area contributed by atoms with Crippen LogP contribution in [0.4, 0.5) is 0 Å². The lowest BCUT2D eigenvalue weighted by Crippen LogP contribution is -2.54. The highest BCUT2D eigenvalue weighted by Gasteiger charge is 2.79. The van der Waals surface area contributed by atoms with E-state index in [4.69, 9.17) is 29.2 Å². The highest BCUT2D eigenvalue weighted by atomic mass is 16.6. The smallest absolute Gasteiger partial charge is 0.455 e. The zero-order chi connectivity index (χ0) is 21.0. The van der Waals surface area contributed by atoms with E-state index in [9.17, 15) is 10.1 Å². The number of nitrogens with zero attached hydrogens (tertiary/aromatic N) is 4. The van der Waals surface area contributed by atoms with E-state index < -0.39 is 22.7 Å². The number of rotatable bonds is 0. The van der Waals surface area contributed by atoms with Gasteiger partial charge in [0, 0.05) is 11.5 Å². The van der Waals surface area contributed by atoms with Gasteiger partial charge in [-0.3, -0.25) is 4.85 Å². The predicted octanol–water partition coefficient (Wildman–Crippen LogP) is 3.48. The summed E-state index contributed by atoms with van der Waals surface area (Å²) >= 11 is 0. The SMILES string of the molecule is [C-]#[N+]C1(C#N)CC=C2CC[C@H]3C(=C)C(=O)O[C@@H]3[C@H]3O[C@]3(C)CCC2C1([N+]#[C-])[N+]#[C-]. The largest absolute Gasteiger partial charge is 0.581 e. The van der Waals surface area contributed by atoms with E-state index in [1.54, 1.807) is 0 Å². The Morgan fingerprint density at radius 2 is 2.00 bits per heavy atom. The molecule has 2 aliphatic carbocycles. The minimum atomic E-state index is -1.77. The predicted molar refractivity (Wildman–Crippen MR) is 101 cm³/mol. The van der Waals surface area contributed by atoms with Gasteiger partial charge in [-0.2, -0.15) is 5.26 Å². The molecule has 1 saturated carbocycles. The summed E-state index contributed by atoms with van der Waals surface area (Å²) < 4.78 is 11.5. The molecule has 0 aromatic carbocycles. The topological polar surface area (TPSA) is 75.7 Å². The van der Waals surface area contributed by atoms with Crippen LogP contribution in [0.15, 0.2) is 23.8 Å². The van der Waals surface area contributed by atoms with E-state index in [2.05, 4.69) is 21.1 Å². The van der Waals surface area contributed by atoms with Crippen molar-refractivity contribution in [1.29, 1.82) is 5.26 Å². The molecule has 7 heteroatoms. The van der Waals surface area contributed by atoms with Gasteiger partial charge in [-0.1, -0.05) is 18.2 Å². The zero-order valence-electron chi connectivity index (χ0n) is 16.1. The Bertz CT molecular complexity index is 973. The maximum absolute atomic E-state index is 12.1. The monoisotopic (exact) mass is 388 g/mol. The average molecular weight is 388 g/mol. The molecule has 2 aliphatic heterocycles. The van der Waals surface area contributed by atoms with Gasteiger partial charge in [-0.25, -0.2) is 34.2 Å². The molecular formula is C22H20N4O3. The summed E-state index contributed by atoms with van der Waals surface area (Å²) in [5.74, 6) is -1.09. The third-order valence-corrected chi connectivity index (χ3v) is 7.18. The molecule has 2 heterocycles. The van der Waals surface area contributed by atoms with Gasteiger partial charge in [-0.05, 0) is 32.6 Å². The number of hydrogen-bond acceptors (Lipinski definition) is 4. The van der Waals surface area contributed by atoms with Crippen molar-refractivity contribution >= 4 is 5.97 Å². The first-order valence-electron chi connectivity index (χ1n) is 9.65. The highest BCUT2D eigenvalue weighted by molar-refractivity contribution is 5.91. The van der Waals surface area contributed by atoms with Gasteiger partial charge in [0.2, 0.25) is 0 Å². The standard InChI is InChI=1S/C22H20N4O3/c1-13-15-7-6-14-8-11-21(12-23,24-3)22(25-4,26-5)16(14)9-10-20(2)18(29-20)17(15)28-19(13)27/h8,15-18H,1,6-7,9-11H2,2H3/t15-,16?,17-,18+,20+,21?/m0/s1. The number of esters is 1. The third kappa shape index (κ3) is 2.38. The molecule has 6 atom stereocenters. The Morgan fingerprint density at radius 1 is 1.28 bits per heavy atom. The molecule has 0 bridgehead atoms. The lowest BCUT2D eigenvalue weighted by atomic mass is 9.64. The molecule has 4 aliphatic rings. The minimum absolute atomic E-state index is 0.0600. The first-order valence-corrected chi connectivity index (χ1v) is 9.65. The van der Waals surface area contributed by atoms with E-state index in [-0.39, 0.29) is 30.5 Å². The van der Waals surface area contributed by atoms with Crippen LogP contribution in [-0.4, -0.2) is 35.0 Å². The summed E-state index contributed by atoms with van der Waals surface area (Å²) in [4.78, 5) is 22.9. The second-order valence-electron chi connectivity index (χ2n) is 8.50. The van der Waals surface area contributed by atoms with Gasteiger partial charge < -0.3 is 9.47 Å². The fourth-order valence-corrected chi connectivity index (χ4v) is 5.29. The molecule has 7 nitrogen and oxygen atoms in total. The molecule has 146 valence electrons. The molecule has 2 saturated heterocycles. The number of hydrogen-bond donors (Lipinski definition) is 0. The second-order valence-corrected chi connectivity index (χ2v) is 8.50. The van der Waals surface area contributed by atoms with Crippen LogP contribution in [0, 0.1) is 42.9 Å². The Balaban J connectivity index is 1.78. The van der Waals surface area contributed by atoms with Crippen molar-refractivity contribution in [2.75, 3.05) is 0 Å². The number of fused-ring (bicyclic) bond motifs is 4. The quantitative estimate of drug-likeness (QED) is 0.209. The molecule has 29 heavy (non-hydrogen) atoms. The lowest BCUT2D eigenvalue weighted by Gasteiger charge is -2.32. The first-order chi connectivity index (χ1) is 13.8. The van der Waals surface area contributed by atoms with Gasteiger partial charge in [0.25, 0.3) is 0 Å². The second kappa shape index (κ2) is 6.18. The molecule has 2 unspecified atom stereocenters. The van der Waals surface area contributed by atoms with Crippen LogP contribution in [0.25, 0.3) is 14.5 Å². The number of epoxide rings is 1. The summed E-state index contributed by atoms with van der Waals surface area (Å²) in [7, 11) is 0. The highest BCUT2D eigenvalue weighted by Crippen LogP contribution is 2.56. The van der Waals surface area contributed by atoms with Gasteiger partial charge in [-0.15, -0.1) is 0 Å². The summed E-state index contributed by atoms with van der Waals surface area (Å²) in [6, 6.07) is 2.00. The first kappa shape index (κ1) is 19.2. The van der Waals surface area contributed by atoms with E-state index in [0.717, 1.165) is 5.57 Å². The van der Waals surface area contributed by atoms with E-state index in [1.807, 2.05) is 19.1 Å². The number of ether oxygens (including phenoxy) is 2. The molecule has 0 amide bonds. The Kier molecular flexibility index (Phi) is 4.09. The minimum Gasteiger partial charge on any atom is -0.455 e. The Morgan fingerprint density at radius 3 is 2.62 bits per heavy atom. The maximum atomic E-state index is 12.1. The Labute approximate surface area is 170 Å². The number of carbonyl (C=O) groups excluding carboxylic acids is 1. The van der Waals surface area contributed by atoms with Crippen LogP contribution in [0.2, 0.25) is 0 Å². The normalized spacial score (nSPS) is 42.2. The van der Waals surface area contributed by atoms with E-state index in [1.165, 1.54) is 0 Å². The lowest BCUT2D eigenvalue weighted by molar-refractivity contribution is -0.140. The Hall–Kier alpha value is -3.13. The van der Waals surface area contributed by atoms with Gasteiger partial charge in [0.15, 0.2) is 12.0 Å². The van der Waals surface area contributed by atoms with Crippen molar-refractivity contribution < 1.29 is 14.3 Å². The van der Waals surface area contributed by atoms with Crippen molar-refractivity contribution in [3.05, 3.63) is 58.1 Å². The van der Waals surface area contributed by atoms with Crippen molar-refractivity contribution in [3.63, 3.8) is 0 Å². The van der Waals surface area contributed by atoms with Gasteiger partial charge >= 0.3 is 17.2 Å². The third-order valence-electron chi connectivity index (χ3n) is 7.18. The van der Waals surface area contributed by atoms with Crippen LogP contribution in [0.3, 0.4) is 0 Å². The zero-order valence-corrected chi connectivity index (χ0v) is 16.1. The molecule has 0 aromatic heterocycles. The molecule has 0 aromatic rings. The molecule has 3 fully saturated rings. The summed E-state index contributed by atoms with van der Waals surface area (Å²) in [6.07, 6.45) is 3.52. The number of nitriles is 1. The summed E-state index contributed by atoms with van der Waals surface area (Å²) in [5, 5.41) is 9.78. The molecular weight excluding hydrogens is 368 g/mol. The van der Waals surface area contributed by atoms with Crippen LogP contribution in [0.1, 0.15) is 39.0 Å². The van der Waals surface area contributed by atoms with Crippen molar-refractivity contribution in [2.24, 2.45) is 11.8 Å². The fourth-order valence-electron chi connectivity index (χ4n) is 5.29. The maximum Gasteiger partial charge on any atom is 0.581 e.